The summed E-state index contributed by atoms with van der Waals surface area (Å²) in [6, 6.07) is 13.4. The van der Waals surface area contributed by atoms with Crippen molar-refractivity contribution < 1.29 is 9.47 Å². The first-order valence-corrected chi connectivity index (χ1v) is 6.68. The Morgan fingerprint density at radius 1 is 1.05 bits per heavy atom. The molecule has 3 N–H and O–H groups in total. The van der Waals surface area contributed by atoms with E-state index in [-0.39, 0.29) is 0 Å². The number of ether oxygens (including phenoxy) is 2. The molecule has 1 aliphatic rings. The molecular formula is C16H15N3O2. The molecule has 0 amide bonds. The first-order chi connectivity index (χ1) is 10.3. The smallest absolute Gasteiger partial charge is 0.163 e. The van der Waals surface area contributed by atoms with Crippen molar-refractivity contribution in [2.24, 2.45) is 0 Å². The minimum atomic E-state index is 0.294. The molecule has 0 saturated heterocycles. The third-order valence-corrected chi connectivity index (χ3v) is 3.24. The quantitative estimate of drug-likeness (QED) is 0.846. The lowest BCUT2D eigenvalue weighted by molar-refractivity contribution is 0.171. The van der Waals surface area contributed by atoms with Gasteiger partial charge in [-0.1, -0.05) is 0 Å². The monoisotopic (exact) mass is 281 g/mol. The van der Waals surface area contributed by atoms with Crippen molar-refractivity contribution in [3.63, 3.8) is 0 Å². The van der Waals surface area contributed by atoms with Gasteiger partial charge in [-0.05, 0) is 35.9 Å². The summed E-state index contributed by atoms with van der Waals surface area (Å²) in [4.78, 5) is 0. The lowest BCUT2D eigenvalue weighted by Crippen LogP contribution is -2.15. The fraction of sp³-hybridized carbons (Fsp3) is 0.188. The predicted octanol–water partition coefficient (Wildman–Crippen LogP) is 2.85. The molecule has 2 aromatic rings. The molecule has 0 fully saturated rings. The Morgan fingerprint density at radius 2 is 1.76 bits per heavy atom. The Morgan fingerprint density at radius 3 is 2.57 bits per heavy atom. The summed E-state index contributed by atoms with van der Waals surface area (Å²) in [7, 11) is 0. The van der Waals surface area contributed by atoms with Gasteiger partial charge >= 0.3 is 0 Å². The van der Waals surface area contributed by atoms with Crippen LogP contribution in [0.15, 0.2) is 36.4 Å². The lowest BCUT2D eigenvalue weighted by Gasteiger charge is -2.19. The van der Waals surface area contributed by atoms with Gasteiger partial charge in [0.2, 0.25) is 0 Å². The van der Waals surface area contributed by atoms with E-state index >= 15 is 0 Å². The van der Waals surface area contributed by atoms with Gasteiger partial charge in [-0.25, -0.2) is 0 Å². The summed E-state index contributed by atoms with van der Waals surface area (Å²) in [5.41, 5.74) is 9.07. The molecule has 3 rings (SSSR count). The highest BCUT2D eigenvalue weighted by molar-refractivity contribution is 5.67. The van der Waals surface area contributed by atoms with E-state index in [4.69, 9.17) is 20.5 Å². The second-order valence-electron chi connectivity index (χ2n) is 4.73. The minimum absolute atomic E-state index is 0.294. The Labute approximate surface area is 122 Å². The Balaban J connectivity index is 1.83. The van der Waals surface area contributed by atoms with Gasteiger partial charge in [-0.2, -0.15) is 5.26 Å². The third kappa shape index (κ3) is 2.84. The van der Waals surface area contributed by atoms with E-state index in [2.05, 4.69) is 11.4 Å². The Hall–Kier alpha value is -2.87. The molecule has 0 aromatic heterocycles. The number of anilines is 3. The van der Waals surface area contributed by atoms with E-state index < -0.39 is 0 Å². The second kappa shape index (κ2) is 5.63. The standard InChI is InChI=1S/C16H15N3O2/c17-6-5-11-9-12(1-3-14(11)18)19-13-2-4-15-16(10-13)21-8-7-20-15/h1-4,9-10,19H,5,7-8,18H2. The van der Waals surface area contributed by atoms with E-state index in [0.717, 1.165) is 28.4 Å². The summed E-state index contributed by atoms with van der Waals surface area (Å²) < 4.78 is 11.0. The molecule has 0 spiro atoms. The first-order valence-electron chi connectivity index (χ1n) is 6.68. The van der Waals surface area contributed by atoms with Crippen LogP contribution in [-0.4, -0.2) is 13.2 Å². The van der Waals surface area contributed by atoms with Crippen LogP contribution in [-0.2, 0) is 6.42 Å². The fourth-order valence-electron chi connectivity index (χ4n) is 2.21. The van der Waals surface area contributed by atoms with Crippen LogP contribution in [0.4, 0.5) is 17.1 Å². The van der Waals surface area contributed by atoms with E-state index in [9.17, 15) is 0 Å². The van der Waals surface area contributed by atoms with Crippen molar-refractivity contribution in [1.29, 1.82) is 5.26 Å². The van der Waals surface area contributed by atoms with Crippen LogP contribution in [0.5, 0.6) is 11.5 Å². The zero-order chi connectivity index (χ0) is 14.7. The van der Waals surface area contributed by atoms with Crippen LogP contribution in [0.3, 0.4) is 0 Å². The molecular weight excluding hydrogens is 266 g/mol. The summed E-state index contributed by atoms with van der Waals surface area (Å²) >= 11 is 0. The van der Waals surface area contributed by atoms with Crippen molar-refractivity contribution in [2.75, 3.05) is 24.3 Å². The number of rotatable bonds is 3. The highest BCUT2D eigenvalue weighted by Gasteiger charge is 2.11. The normalized spacial score (nSPS) is 12.5. The maximum absolute atomic E-state index is 8.80. The number of nitrogens with one attached hydrogen (secondary N) is 1. The average Bonchev–Trinajstić information content (AvgIpc) is 2.51. The number of nitriles is 1. The number of nitrogens with zero attached hydrogens (tertiary/aromatic N) is 1. The molecule has 21 heavy (non-hydrogen) atoms. The molecule has 5 heteroatoms. The van der Waals surface area contributed by atoms with Crippen LogP contribution < -0.4 is 20.5 Å². The maximum atomic E-state index is 8.80. The molecule has 0 aliphatic carbocycles. The number of benzene rings is 2. The third-order valence-electron chi connectivity index (χ3n) is 3.24. The van der Waals surface area contributed by atoms with Gasteiger partial charge in [0.1, 0.15) is 13.2 Å². The van der Waals surface area contributed by atoms with Gasteiger partial charge in [-0.3, -0.25) is 0 Å². The second-order valence-corrected chi connectivity index (χ2v) is 4.73. The highest BCUT2D eigenvalue weighted by Crippen LogP contribution is 2.33. The van der Waals surface area contributed by atoms with Gasteiger partial charge < -0.3 is 20.5 Å². The highest BCUT2D eigenvalue weighted by atomic mass is 16.6. The summed E-state index contributed by atoms with van der Waals surface area (Å²) in [6.07, 6.45) is 0.294. The number of nitrogen functional groups attached to an aromatic ring is 1. The fourth-order valence-corrected chi connectivity index (χ4v) is 2.21. The topological polar surface area (TPSA) is 80.3 Å². The number of hydrogen-bond acceptors (Lipinski definition) is 5. The van der Waals surface area contributed by atoms with Crippen LogP contribution in [0, 0.1) is 11.3 Å². The first kappa shape index (κ1) is 13.1. The van der Waals surface area contributed by atoms with Gasteiger partial charge in [0.15, 0.2) is 11.5 Å². The number of fused-ring (bicyclic) bond motifs is 1. The van der Waals surface area contributed by atoms with Gasteiger partial charge in [-0.15, -0.1) is 0 Å². The summed E-state index contributed by atoms with van der Waals surface area (Å²) in [6.45, 7) is 1.14. The molecule has 1 aliphatic heterocycles. The van der Waals surface area contributed by atoms with E-state index in [0.29, 0.717) is 25.3 Å². The molecule has 0 saturated carbocycles. The molecule has 0 atom stereocenters. The maximum Gasteiger partial charge on any atom is 0.163 e. The molecule has 0 unspecified atom stereocenters. The van der Waals surface area contributed by atoms with E-state index in [1.165, 1.54) is 0 Å². The largest absolute Gasteiger partial charge is 0.486 e. The summed E-state index contributed by atoms with van der Waals surface area (Å²) in [5, 5.41) is 12.1. The van der Waals surface area contributed by atoms with E-state index in [1.54, 1.807) is 6.07 Å². The summed E-state index contributed by atoms with van der Waals surface area (Å²) in [5.74, 6) is 1.49. The molecule has 2 aromatic carbocycles. The molecule has 1 heterocycles. The van der Waals surface area contributed by atoms with Crippen LogP contribution in [0.1, 0.15) is 5.56 Å². The zero-order valence-corrected chi connectivity index (χ0v) is 11.4. The predicted molar refractivity (Wildman–Crippen MR) is 80.9 cm³/mol. The van der Waals surface area contributed by atoms with Gasteiger partial charge in [0.05, 0.1) is 12.5 Å². The van der Waals surface area contributed by atoms with Crippen molar-refractivity contribution >= 4 is 17.1 Å². The Kier molecular flexibility index (Phi) is 3.52. The average molecular weight is 281 g/mol. The Bertz CT molecular complexity index is 707. The molecule has 0 radical (unpaired) electrons. The van der Waals surface area contributed by atoms with Crippen molar-refractivity contribution in [2.45, 2.75) is 6.42 Å². The number of hydrogen-bond donors (Lipinski definition) is 2. The molecule has 0 bridgehead atoms. The SMILES string of the molecule is N#CCc1cc(Nc2ccc3c(c2)OCCO3)ccc1N. The van der Waals surface area contributed by atoms with Crippen molar-refractivity contribution in [3.05, 3.63) is 42.0 Å². The van der Waals surface area contributed by atoms with Crippen molar-refractivity contribution in [3.8, 4) is 17.6 Å². The van der Waals surface area contributed by atoms with Crippen LogP contribution in [0.2, 0.25) is 0 Å². The van der Waals surface area contributed by atoms with Crippen LogP contribution in [0.25, 0.3) is 0 Å². The van der Waals surface area contributed by atoms with Gasteiger partial charge in [0.25, 0.3) is 0 Å². The molecule has 5 nitrogen and oxygen atoms in total. The van der Waals surface area contributed by atoms with E-state index in [1.807, 2.05) is 30.3 Å². The van der Waals surface area contributed by atoms with Gasteiger partial charge in [0, 0.05) is 23.1 Å². The van der Waals surface area contributed by atoms with Crippen LogP contribution >= 0.6 is 0 Å². The minimum Gasteiger partial charge on any atom is -0.486 e. The van der Waals surface area contributed by atoms with Crippen molar-refractivity contribution in [1.82, 2.24) is 0 Å². The molecule has 106 valence electrons. The lowest BCUT2D eigenvalue weighted by atomic mass is 10.1. The number of nitrogens with two attached hydrogens (primary N) is 1. The zero-order valence-electron chi connectivity index (χ0n) is 11.4.